The maximum absolute atomic E-state index is 12.8. The van der Waals surface area contributed by atoms with Gasteiger partial charge >= 0.3 is 0 Å². The second-order valence-electron chi connectivity index (χ2n) is 6.12. The third-order valence-electron chi connectivity index (χ3n) is 4.38. The molecule has 0 radical (unpaired) electrons. The minimum Gasteiger partial charge on any atom is -0.436 e. The highest BCUT2D eigenvalue weighted by Gasteiger charge is 2.26. The largest absolute Gasteiger partial charge is 0.436 e. The quantitative estimate of drug-likeness (QED) is 0.682. The first-order chi connectivity index (χ1) is 12.0. The van der Waals surface area contributed by atoms with Crippen LogP contribution in [-0.2, 0) is 10.0 Å². The van der Waals surface area contributed by atoms with E-state index in [0.717, 1.165) is 19.3 Å². The third-order valence-corrected chi connectivity index (χ3v) is 6.51. The fraction of sp³-hybridized carbons (Fsp3) is 0.278. The highest BCUT2D eigenvalue weighted by atomic mass is 35.5. The van der Waals surface area contributed by atoms with E-state index in [-0.39, 0.29) is 4.90 Å². The Labute approximate surface area is 151 Å². The van der Waals surface area contributed by atoms with Gasteiger partial charge in [-0.2, -0.15) is 4.31 Å². The van der Waals surface area contributed by atoms with Crippen LogP contribution in [0, 0.1) is 0 Å². The number of sulfonamides is 1. The molecule has 2 aromatic carbocycles. The molecule has 1 saturated heterocycles. The summed E-state index contributed by atoms with van der Waals surface area (Å²) in [5, 5.41) is 0.578. The fourth-order valence-electron chi connectivity index (χ4n) is 3.07. The summed E-state index contributed by atoms with van der Waals surface area (Å²) in [5.74, 6) is 0.382. The molecule has 2 heterocycles. The van der Waals surface area contributed by atoms with Crippen LogP contribution in [0.2, 0.25) is 5.02 Å². The summed E-state index contributed by atoms with van der Waals surface area (Å²) in [6, 6.07) is 12.0. The average Bonchev–Trinajstić information content (AvgIpc) is 3.06. The molecule has 25 heavy (non-hydrogen) atoms. The van der Waals surface area contributed by atoms with Crippen molar-refractivity contribution in [1.82, 2.24) is 9.29 Å². The van der Waals surface area contributed by atoms with Gasteiger partial charge in [-0.1, -0.05) is 24.1 Å². The number of benzene rings is 2. The zero-order valence-corrected chi connectivity index (χ0v) is 15.1. The summed E-state index contributed by atoms with van der Waals surface area (Å²) in [6.07, 6.45) is 2.90. The zero-order valence-electron chi connectivity index (χ0n) is 13.5. The molecule has 0 amide bonds. The van der Waals surface area contributed by atoms with Gasteiger partial charge in [-0.3, -0.25) is 0 Å². The second kappa shape index (κ2) is 6.44. The van der Waals surface area contributed by atoms with Crippen LogP contribution in [0.3, 0.4) is 0 Å². The maximum Gasteiger partial charge on any atom is 0.243 e. The van der Waals surface area contributed by atoms with Crippen molar-refractivity contribution < 1.29 is 12.8 Å². The number of fused-ring (bicyclic) bond motifs is 1. The number of hydrogen-bond donors (Lipinski definition) is 0. The van der Waals surface area contributed by atoms with Crippen LogP contribution in [-0.4, -0.2) is 30.8 Å². The lowest BCUT2D eigenvalue weighted by atomic mass is 10.2. The lowest BCUT2D eigenvalue weighted by Gasteiger charge is -2.25. The van der Waals surface area contributed by atoms with Crippen LogP contribution in [0.15, 0.2) is 51.8 Å². The molecule has 0 unspecified atom stereocenters. The lowest BCUT2D eigenvalue weighted by Crippen LogP contribution is -2.35. The molecule has 7 heteroatoms. The lowest BCUT2D eigenvalue weighted by molar-refractivity contribution is 0.346. The summed E-state index contributed by atoms with van der Waals surface area (Å²) in [6.45, 7) is 1.15. The Morgan fingerprint density at radius 1 is 1.04 bits per heavy atom. The van der Waals surface area contributed by atoms with Crippen molar-refractivity contribution in [2.45, 2.75) is 24.2 Å². The average molecular weight is 377 g/mol. The molecule has 0 atom stereocenters. The number of aromatic nitrogens is 1. The minimum absolute atomic E-state index is 0.271. The van der Waals surface area contributed by atoms with E-state index >= 15 is 0 Å². The minimum atomic E-state index is -3.49. The van der Waals surface area contributed by atoms with Crippen molar-refractivity contribution in [1.29, 1.82) is 0 Å². The zero-order chi connectivity index (χ0) is 17.4. The first-order valence-corrected chi connectivity index (χ1v) is 10.0. The van der Waals surface area contributed by atoms with Gasteiger partial charge in [0.2, 0.25) is 15.9 Å². The van der Waals surface area contributed by atoms with E-state index in [4.69, 9.17) is 16.0 Å². The number of rotatable bonds is 3. The van der Waals surface area contributed by atoms with Crippen LogP contribution in [0.4, 0.5) is 0 Å². The molecule has 5 nitrogen and oxygen atoms in total. The molecule has 130 valence electrons. The summed E-state index contributed by atoms with van der Waals surface area (Å²) in [7, 11) is -3.49. The predicted molar refractivity (Wildman–Crippen MR) is 97.1 cm³/mol. The molecule has 0 N–H and O–H groups in total. The Bertz CT molecular complexity index is 1020. The molecule has 1 aliphatic heterocycles. The molecular weight excluding hydrogens is 360 g/mol. The normalized spacial score (nSPS) is 16.4. The van der Waals surface area contributed by atoms with Crippen molar-refractivity contribution >= 4 is 32.7 Å². The summed E-state index contributed by atoms with van der Waals surface area (Å²) < 4.78 is 33.0. The van der Waals surface area contributed by atoms with Gasteiger partial charge in [-0.15, -0.1) is 0 Å². The second-order valence-corrected chi connectivity index (χ2v) is 8.50. The van der Waals surface area contributed by atoms with E-state index in [2.05, 4.69) is 4.98 Å². The van der Waals surface area contributed by atoms with Crippen molar-refractivity contribution in [3.8, 4) is 11.5 Å². The summed E-state index contributed by atoms with van der Waals surface area (Å²) in [5.41, 5.74) is 1.89. The van der Waals surface area contributed by atoms with Crippen LogP contribution in [0.25, 0.3) is 22.6 Å². The SMILES string of the molecule is O=S(=O)(c1cccc(-c2nc3cc(Cl)ccc3o2)c1)N1CCCCC1. The van der Waals surface area contributed by atoms with Gasteiger partial charge in [0.05, 0.1) is 4.90 Å². The Morgan fingerprint density at radius 2 is 1.84 bits per heavy atom. The van der Waals surface area contributed by atoms with E-state index < -0.39 is 10.0 Å². The first-order valence-electron chi connectivity index (χ1n) is 8.21. The highest BCUT2D eigenvalue weighted by Crippen LogP contribution is 2.29. The highest BCUT2D eigenvalue weighted by molar-refractivity contribution is 7.89. The molecule has 0 spiro atoms. The Hall–Kier alpha value is -1.89. The van der Waals surface area contributed by atoms with Crippen LogP contribution >= 0.6 is 11.6 Å². The molecule has 1 aliphatic rings. The van der Waals surface area contributed by atoms with Crippen LogP contribution in [0.1, 0.15) is 19.3 Å². The number of oxazole rings is 1. The van der Waals surface area contributed by atoms with E-state index in [0.29, 0.717) is 40.7 Å². The van der Waals surface area contributed by atoms with Crippen LogP contribution in [0.5, 0.6) is 0 Å². The summed E-state index contributed by atoms with van der Waals surface area (Å²) >= 11 is 5.98. The predicted octanol–water partition coefficient (Wildman–Crippen LogP) is 4.32. The number of piperidine rings is 1. The molecule has 4 rings (SSSR count). The van der Waals surface area contributed by atoms with E-state index in [1.165, 1.54) is 0 Å². The van der Waals surface area contributed by atoms with Gasteiger partial charge in [-0.05, 0) is 49.2 Å². The topological polar surface area (TPSA) is 63.4 Å². The molecule has 0 aliphatic carbocycles. The molecular formula is C18H17ClN2O3S. The Kier molecular flexibility index (Phi) is 4.27. The van der Waals surface area contributed by atoms with Crippen molar-refractivity contribution in [3.05, 3.63) is 47.5 Å². The molecule has 3 aromatic rings. The van der Waals surface area contributed by atoms with Gasteiger partial charge in [-0.25, -0.2) is 13.4 Å². The monoisotopic (exact) mass is 376 g/mol. The molecule has 1 aromatic heterocycles. The molecule has 0 saturated carbocycles. The van der Waals surface area contributed by atoms with Crippen LogP contribution < -0.4 is 0 Å². The van der Waals surface area contributed by atoms with Gasteiger partial charge in [0.1, 0.15) is 5.52 Å². The first kappa shape index (κ1) is 16.6. The van der Waals surface area contributed by atoms with E-state index in [9.17, 15) is 8.42 Å². The van der Waals surface area contributed by atoms with Gasteiger partial charge in [0, 0.05) is 23.7 Å². The van der Waals surface area contributed by atoms with Gasteiger partial charge in [0.15, 0.2) is 5.58 Å². The van der Waals surface area contributed by atoms with E-state index in [1.807, 2.05) is 0 Å². The van der Waals surface area contributed by atoms with Gasteiger partial charge in [0.25, 0.3) is 0 Å². The smallest absolute Gasteiger partial charge is 0.243 e. The van der Waals surface area contributed by atoms with E-state index in [1.54, 1.807) is 46.8 Å². The molecule has 1 fully saturated rings. The number of halogens is 1. The standard InChI is InChI=1S/C18H17ClN2O3S/c19-14-7-8-17-16(12-14)20-18(24-17)13-5-4-6-15(11-13)25(22,23)21-9-2-1-3-10-21/h4-8,11-12H,1-3,9-10H2. The fourth-order valence-corrected chi connectivity index (χ4v) is 4.80. The van der Waals surface area contributed by atoms with Crippen molar-refractivity contribution in [2.24, 2.45) is 0 Å². The Balaban J connectivity index is 1.73. The maximum atomic E-state index is 12.8. The number of nitrogens with zero attached hydrogens (tertiary/aromatic N) is 2. The number of hydrogen-bond acceptors (Lipinski definition) is 4. The summed E-state index contributed by atoms with van der Waals surface area (Å²) in [4.78, 5) is 4.69. The van der Waals surface area contributed by atoms with Gasteiger partial charge < -0.3 is 4.42 Å². The molecule has 0 bridgehead atoms. The van der Waals surface area contributed by atoms with Crippen molar-refractivity contribution in [2.75, 3.05) is 13.1 Å². The Morgan fingerprint density at radius 3 is 2.64 bits per heavy atom. The van der Waals surface area contributed by atoms with Crippen molar-refractivity contribution in [3.63, 3.8) is 0 Å². The third kappa shape index (κ3) is 3.17.